The van der Waals surface area contributed by atoms with Crippen LogP contribution < -0.4 is 15.1 Å². The Morgan fingerprint density at radius 1 is 1.03 bits per heavy atom. The monoisotopic (exact) mass is 482 g/mol. The van der Waals surface area contributed by atoms with E-state index in [1.165, 1.54) is 30.5 Å². The fourth-order valence-corrected chi connectivity index (χ4v) is 4.26. The molecule has 3 rings (SSSR count). The van der Waals surface area contributed by atoms with Gasteiger partial charge >= 0.3 is 11.9 Å². The number of benzene rings is 2. The zero-order valence-corrected chi connectivity index (χ0v) is 20.2. The summed E-state index contributed by atoms with van der Waals surface area (Å²) < 4.78 is 0. The number of hydrogen-bond donors (Lipinski definition) is 2. The zero-order valence-electron chi connectivity index (χ0n) is 20.2. The molecule has 0 saturated carbocycles. The molecule has 2 N–H and O–H groups in total. The van der Waals surface area contributed by atoms with Crippen LogP contribution in [0, 0.1) is 0 Å². The molecule has 1 heterocycles. The van der Waals surface area contributed by atoms with Gasteiger partial charge < -0.3 is 15.3 Å². The smallest absolute Gasteiger partial charge is 0.366 e. The normalized spacial score (nSPS) is 14.1. The van der Waals surface area contributed by atoms with Gasteiger partial charge in [0.2, 0.25) is 5.91 Å². The summed E-state index contributed by atoms with van der Waals surface area (Å²) in [5, 5.41) is 11.8. The number of carbonyl (C=O) groups is 3. The molecule has 0 aromatic heterocycles. The summed E-state index contributed by atoms with van der Waals surface area (Å²) in [6.07, 6.45) is 6.02. The lowest BCUT2D eigenvalue weighted by atomic mass is 9.97. The minimum atomic E-state index is -1.30. The van der Waals surface area contributed by atoms with Crippen LogP contribution in [0.5, 0.6) is 5.75 Å². The second-order valence-corrected chi connectivity index (χ2v) is 8.80. The first kappa shape index (κ1) is 26.1. The number of carboxylic acid groups (broad SMARTS) is 1. The van der Waals surface area contributed by atoms with Crippen LogP contribution in [0.25, 0.3) is 0 Å². The third-order valence-corrected chi connectivity index (χ3v) is 6.00. The maximum absolute atomic E-state index is 13.0. The van der Waals surface area contributed by atoms with Gasteiger partial charge in [0.05, 0.1) is 12.5 Å². The van der Waals surface area contributed by atoms with Crippen molar-refractivity contribution >= 4 is 23.5 Å². The van der Waals surface area contributed by atoms with E-state index in [1.807, 2.05) is 6.07 Å². The molecule has 0 aliphatic carbocycles. The molecular formula is C27H34N2O6. The first-order valence-corrected chi connectivity index (χ1v) is 12.3. The van der Waals surface area contributed by atoms with Crippen LogP contribution in [-0.4, -0.2) is 36.0 Å². The lowest BCUT2D eigenvalue weighted by Gasteiger charge is -2.33. The minimum Gasteiger partial charge on any atom is -0.481 e. The van der Waals surface area contributed by atoms with Crippen LogP contribution >= 0.6 is 0 Å². The van der Waals surface area contributed by atoms with Gasteiger partial charge in [0.1, 0.15) is 6.42 Å². The molecule has 1 aliphatic rings. The number of nitrogens with one attached hydrogen (secondary N) is 1. The number of carboxylic acids is 1. The predicted octanol–water partition coefficient (Wildman–Crippen LogP) is 4.58. The van der Waals surface area contributed by atoms with E-state index in [4.69, 9.17) is 9.99 Å². The molecule has 1 aliphatic heterocycles. The SMILES string of the molecule is CCCCC(NC(=O)Cc1ccc(OOC(=O)CC(=O)O)cc1)c1ccccc1N1CCCCC1. The van der Waals surface area contributed by atoms with Crippen molar-refractivity contribution in [3.05, 3.63) is 59.7 Å². The molecule has 0 radical (unpaired) electrons. The molecule has 0 spiro atoms. The average molecular weight is 483 g/mol. The maximum Gasteiger partial charge on any atom is 0.366 e. The Morgan fingerprint density at radius 3 is 2.43 bits per heavy atom. The number of aliphatic carboxylic acids is 1. The molecule has 188 valence electrons. The lowest BCUT2D eigenvalue weighted by molar-refractivity contribution is -0.214. The Balaban J connectivity index is 1.62. The Morgan fingerprint density at radius 2 is 1.74 bits per heavy atom. The molecular weight excluding hydrogens is 448 g/mol. The fraction of sp³-hybridized carbons (Fsp3) is 0.444. The van der Waals surface area contributed by atoms with E-state index in [1.54, 1.807) is 24.3 Å². The minimum absolute atomic E-state index is 0.0585. The number of anilines is 1. The van der Waals surface area contributed by atoms with E-state index in [9.17, 15) is 14.4 Å². The zero-order chi connectivity index (χ0) is 25.0. The summed E-state index contributed by atoms with van der Waals surface area (Å²) in [7, 11) is 0. The summed E-state index contributed by atoms with van der Waals surface area (Å²) in [6, 6.07) is 14.9. The first-order valence-electron chi connectivity index (χ1n) is 12.3. The Hall–Kier alpha value is -3.55. The molecule has 1 unspecified atom stereocenters. The number of carbonyl (C=O) groups excluding carboxylic acids is 2. The average Bonchev–Trinajstić information content (AvgIpc) is 2.86. The molecule has 1 saturated heterocycles. The van der Waals surface area contributed by atoms with Gasteiger partial charge in [0.25, 0.3) is 0 Å². The van der Waals surface area contributed by atoms with Gasteiger partial charge in [-0.2, -0.15) is 0 Å². The van der Waals surface area contributed by atoms with Crippen molar-refractivity contribution in [3.8, 4) is 5.75 Å². The predicted molar refractivity (Wildman–Crippen MR) is 132 cm³/mol. The van der Waals surface area contributed by atoms with Crippen molar-refractivity contribution in [2.45, 2.75) is 64.3 Å². The van der Waals surface area contributed by atoms with Crippen molar-refractivity contribution in [1.82, 2.24) is 5.32 Å². The number of rotatable bonds is 12. The second-order valence-electron chi connectivity index (χ2n) is 8.80. The van der Waals surface area contributed by atoms with E-state index >= 15 is 0 Å². The van der Waals surface area contributed by atoms with Crippen LogP contribution in [0.1, 0.15) is 69.0 Å². The van der Waals surface area contributed by atoms with Crippen LogP contribution in [-0.2, 0) is 25.7 Å². The number of nitrogens with zero attached hydrogens (tertiary/aromatic N) is 1. The van der Waals surface area contributed by atoms with Crippen LogP contribution in [0.15, 0.2) is 48.5 Å². The van der Waals surface area contributed by atoms with Gasteiger partial charge in [0.15, 0.2) is 5.75 Å². The number of piperidine rings is 1. The van der Waals surface area contributed by atoms with Gasteiger partial charge in [-0.05, 0) is 55.0 Å². The largest absolute Gasteiger partial charge is 0.481 e. The molecule has 0 bridgehead atoms. The van der Waals surface area contributed by atoms with Gasteiger partial charge in [-0.3, -0.25) is 14.5 Å². The molecule has 8 heteroatoms. The highest BCUT2D eigenvalue weighted by Crippen LogP contribution is 2.31. The highest BCUT2D eigenvalue weighted by atomic mass is 17.2. The van der Waals surface area contributed by atoms with Crippen molar-refractivity contribution in [1.29, 1.82) is 0 Å². The quantitative estimate of drug-likeness (QED) is 0.259. The van der Waals surface area contributed by atoms with Crippen molar-refractivity contribution in [3.63, 3.8) is 0 Å². The van der Waals surface area contributed by atoms with E-state index in [0.717, 1.165) is 37.9 Å². The summed E-state index contributed by atoms with van der Waals surface area (Å²) in [6.45, 7) is 4.25. The fourth-order valence-electron chi connectivity index (χ4n) is 4.26. The van der Waals surface area contributed by atoms with E-state index < -0.39 is 18.4 Å². The number of amides is 1. The Kier molecular flexibility index (Phi) is 9.95. The van der Waals surface area contributed by atoms with Gasteiger partial charge in [-0.15, -0.1) is 0 Å². The molecule has 35 heavy (non-hydrogen) atoms. The van der Waals surface area contributed by atoms with Gasteiger partial charge in [0, 0.05) is 18.8 Å². The van der Waals surface area contributed by atoms with Crippen LogP contribution in [0.3, 0.4) is 0 Å². The van der Waals surface area contributed by atoms with Gasteiger partial charge in [-0.1, -0.05) is 50.1 Å². The summed E-state index contributed by atoms with van der Waals surface area (Å²) in [5.74, 6) is -2.12. The topological polar surface area (TPSA) is 105 Å². The highest BCUT2D eigenvalue weighted by Gasteiger charge is 2.21. The molecule has 8 nitrogen and oxygen atoms in total. The first-order chi connectivity index (χ1) is 17.0. The standard InChI is InChI=1S/C27H34N2O6/c1-2-3-10-23(22-9-5-6-11-24(22)29-16-7-4-8-17-29)28-25(30)18-20-12-14-21(15-13-20)34-35-27(33)19-26(31)32/h5-6,9,11-15,23H,2-4,7-8,10,16-19H2,1H3,(H,28,30)(H,31,32). The molecule has 1 amide bonds. The van der Waals surface area contributed by atoms with E-state index in [0.29, 0.717) is 0 Å². The summed E-state index contributed by atoms with van der Waals surface area (Å²) >= 11 is 0. The number of unbranched alkanes of at least 4 members (excludes halogenated alkanes) is 1. The molecule has 2 aromatic rings. The molecule has 1 atom stereocenters. The number of hydrogen-bond acceptors (Lipinski definition) is 6. The van der Waals surface area contributed by atoms with Crippen molar-refractivity contribution in [2.24, 2.45) is 0 Å². The second kappa shape index (κ2) is 13.4. The Bertz CT molecular complexity index is 985. The Labute approximate surface area is 206 Å². The lowest BCUT2D eigenvalue weighted by Crippen LogP contribution is -2.34. The van der Waals surface area contributed by atoms with Gasteiger partial charge in [-0.25, -0.2) is 9.68 Å². The van der Waals surface area contributed by atoms with E-state index in [-0.39, 0.29) is 24.1 Å². The van der Waals surface area contributed by atoms with E-state index in [2.05, 4.69) is 40.2 Å². The van der Waals surface area contributed by atoms with Crippen LogP contribution in [0.4, 0.5) is 5.69 Å². The van der Waals surface area contributed by atoms with Crippen LogP contribution in [0.2, 0.25) is 0 Å². The number of para-hydroxylation sites is 1. The summed E-state index contributed by atoms with van der Waals surface area (Å²) in [5.41, 5.74) is 3.17. The summed E-state index contributed by atoms with van der Waals surface area (Å²) in [4.78, 5) is 46.5. The highest BCUT2D eigenvalue weighted by molar-refractivity contribution is 5.89. The third-order valence-electron chi connectivity index (χ3n) is 6.00. The van der Waals surface area contributed by atoms with Crippen molar-refractivity contribution < 1.29 is 29.3 Å². The maximum atomic E-state index is 13.0. The molecule has 1 fully saturated rings. The molecule has 2 aromatic carbocycles. The third kappa shape index (κ3) is 8.31. The van der Waals surface area contributed by atoms with Crippen molar-refractivity contribution in [2.75, 3.05) is 18.0 Å².